The molecule has 4 rings (SSSR count). The summed E-state index contributed by atoms with van der Waals surface area (Å²) in [4.78, 5) is 64.2. The predicted molar refractivity (Wildman–Crippen MR) is 133 cm³/mol. The molecule has 0 fully saturated rings. The van der Waals surface area contributed by atoms with E-state index in [9.17, 15) is 29.1 Å². The summed E-state index contributed by atoms with van der Waals surface area (Å²) in [6, 6.07) is 19.0. The first-order chi connectivity index (χ1) is 17.8. The van der Waals surface area contributed by atoms with E-state index in [0.29, 0.717) is 10.1 Å². The Morgan fingerprint density at radius 2 is 1.57 bits per heavy atom. The van der Waals surface area contributed by atoms with Crippen LogP contribution in [0.4, 0.5) is 0 Å². The van der Waals surface area contributed by atoms with Crippen LogP contribution in [0.5, 0.6) is 5.75 Å². The van der Waals surface area contributed by atoms with Crippen molar-refractivity contribution in [1.82, 2.24) is 9.13 Å². The smallest absolute Gasteiger partial charge is 0.337 e. The van der Waals surface area contributed by atoms with Gasteiger partial charge in [0.05, 0.1) is 23.6 Å². The standard InChI is InChI=1S/C27H22N2O8/c1-36-26(34)18-12-13-20-21(15-18)28(16-23(30)37-19-10-6-3-7-11-19)27(35)29(24(20)31)22(25(32)33)14-17-8-4-2-5-9-17/h2-13,15,22H,14,16H2,1H3,(H,32,33)/t22-/m0/s1. The molecule has 0 aliphatic carbocycles. The monoisotopic (exact) mass is 502 g/mol. The lowest BCUT2D eigenvalue weighted by molar-refractivity contribution is -0.141. The third-order valence-electron chi connectivity index (χ3n) is 5.73. The van der Waals surface area contributed by atoms with Gasteiger partial charge in [0.1, 0.15) is 18.3 Å². The van der Waals surface area contributed by atoms with E-state index >= 15 is 0 Å². The summed E-state index contributed by atoms with van der Waals surface area (Å²) in [5.41, 5.74) is -1.31. The maximum absolute atomic E-state index is 13.6. The number of benzene rings is 3. The van der Waals surface area contributed by atoms with Crippen LogP contribution in [0.15, 0.2) is 88.5 Å². The zero-order chi connectivity index (χ0) is 26.5. The van der Waals surface area contributed by atoms with Gasteiger partial charge in [-0.05, 0) is 35.9 Å². The van der Waals surface area contributed by atoms with E-state index < -0.39 is 41.7 Å². The molecule has 1 heterocycles. The van der Waals surface area contributed by atoms with Crippen molar-refractivity contribution in [3.05, 3.63) is 111 Å². The number of carbonyl (C=O) groups is 3. The maximum atomic E-state index is 13.6. The number of carboxylic acids is 1. The highest BCUT2D eigenvalue weighted by atomic mass is 16.5. The average molecular weight is 502 g/mol. The van der Waals surface area contributed by atoms with E-state index in [1.807, 2.05) is 0 Å². The molecule has 0 unspecified atom stereocenters. The van der Waals surface area contributed by atoms with E-state index in [1.54, 1.807) is 60.7 Å². The number of fused-ring (bicyclic) bond motifs is 1. The number of ether oxygens (including phenoxy) is 2. The van der Waals surface area contributed by atoms with E-state index in [-0.39, 0.29) is 28.6 Å². The van der Waals surface area contributed by atoms with Crippen LogP contribution < -0.4 is 16.0 Å². The van der Waals surface area contributed by atoms with Gasteiger partial charge in [0.15, 0.2) is 0 Å². The lowest BCUT2D eigenvalue weighted by atomic mass is 10.1. The minimum absolute atomic E-state index is 0.0378. The molecule has 0 aliphatic heterocycles. The average Bonchev–Trinajstić information content (AvgIpc) is 2.90. The largest absolute Gasteiger partial charge is 0.480 e. The van der Waals surface area contributed by atoms with E-state index in [4.69, 9.17) is 9.47 Å². The second-order valence-electron chi connectivity index (χ2n) is 8.10. The first-order valence-corrected chi connectivity index (χ1v) is 11.2. The summed E-state index contributed by atoms with van der Waals surface area (Å²) in [7, 11) is 1.18. The van der Waals surface area contributed by atoms with Gasteiger partial charge in [0.25, 0.3) is 5.56 Å². The van der Waals surface area contributed by atoms with Gasteiger partial charge in [0, 0.05) is 6.42 Å². The molecule has 10 nitrogen and oxygen atoms in total. The molecule has 0 aliphatic rings. The number of methoxy groups -OCH3 is 1. The molecule has 0 radical (unpaired) electrons. The number of aliphatic carboxylic acids is 1. The zero-order valence-corrected chi connectivity index (χ0v) is 19.7. The molecule has 1 N–H and O–H groups in total. The molecule has 0 amide bonds. The summed E-state index contributed by atoms with van der Waals surface area (Å²) in [6.07, 6.45) is -0.147. The van der Waals surface area contributed by atoms with Crippen molar-refractivity contribution < 1.29 is 29.0 Å². The van der Waals surface area contributed by atoms with Crippen LogP contribution >= 0.6 is 0 Å². The van der Waals surface area contributed by atoms with Crippen LogP contribution in [0.3, 0.4) is 0 Å². The van der Waals surface area contributed by atoms with Crippen molar-refractivity contribution in [2.75, 3.05) is 7.11 Å². The van der Waals surface area contributed by atoms with Gasteiger partial charge in [-0.25, -0.2) is 23.7 Å². The van der Waals surface area contributed by atoms with Crippen LogP contribution in [-0.2, 0) is 27.3 Å². The van der Waals surface area contributed by atoms with Crippen molar-refractivity contribution >= 4 is 28.8 Å². The quantitative estimate of drug-likeness (QED) is 0.287. The Hall–Kier alpha value is -4.99. The molecular formula is C27H22N2O8. The molecule has 188 valence electrons. The molecule has 0 saturated carbocycles. The number of nitrogens with zero attached hydrogens (tertiary/aromatic N) is 2. The van der Waals surface area contributed by atoms with Crippen molar-refractivity contribution in [3.8, 4) is 5.75 Å². The Bertz CT molecular complexity index is 1590. The first kappa shape index (κ1) is 25.1. The van der Waals surface area contributed by atoms with Crippen molar-refractivity contribution in [3.63, 3.8) is 0 Å². The van der Waals surface area contributed by atoms with Crippen LogP contribution in [-0.4, -0.2) is 39.3 Å². The fraction of sp³-hybridized carbons (Fsp3) is 0.148. The fourth-order valence-corrected chi connectivity index (χ4v) is 3.97. The van der Waals surface area contributed by atoms with Gasteiger partial charge in [-0.2, -0.15) is 0 Å². The second-order valence-corrected chi connectivity index (χ2v) is 8.10. The molecule has 0 spiro atoms. The van der Waals surface area contributed by atoms with Gasteiger partial charge in [-0.3, -0.25) is 9.36 Å². The highest BCUT2D eigenvalue weighted by Gasteiger charge is 2.27. The zero-order valence-electron chi connectivity index (χ0n) is 19.7. The molecule has 1 atom stereocenters. The predicted octanol–water partition coefficient (Wildman–Crippen LogP) is 2.42. The molecular weight excluding hydrogens is 480 g/mol. The number of carbonyl (C=O) groups excluding carboxylic acids is 2. The summed E-state index contributed by atoms with van der Waals surface area (Å²) in [5, 5.41) is 9.91. The summed E-state index contributed by atoms with van der Waals surface area (Å²) in [5.74, 6) is -2.71. The van der Waals surface area contributed by atoms with Gasteiger partial charge in [0.2, 0.25) is 0 Å². The number of esters is 2. The Balaban J connectivity index is 1.90. The van der Waals surface area contributed by atoms with Gasteiger partial charge in [-0.15, -0.1) is 0 Å². The van der Waals surface area contributed by atoms with Crippen LogP contribution in [0.1, 0.15) is 22.0 Å². The normalized spacial score (nSPS) is 11.6. The lowest BCUT2D eigenvalue weighted by Gasteiger charge is -2.19. The van der Waals surface area contributed by atoms with Gasteiger partial charge in [-0.1, -0.05) is 48.5 Å². The molecule has 0 bridgehead atoms. The molecule has 4 aromatic rings. The Labute approximate surface area is 209 Å². The maximum Gasteiger partial charge on any atom is 0.337 e. The number of hydrogen-bond donors (Lipinski definition) is 1. The van der Waals surface area contributed by atoms with Crippen molar-refractivity contribution in [2.45, 2.75) is 19.0 Å². The van der Waals surface area contributed by atoms with Gasteiger partial charge >= 0.3 is 23.6 Å². The summed E-state index contributed by atoms with van der Waals surface area (Å²) >= 11 is 0. The number of rotatable bonds is 8. The third-order valence-corrected chi connectivity index (χ3v) is 5.73. The van der Waals surface area contributed by atoms with E-state index in [1.165, 1.54) is 25.3 Å². The van der Waals surface area contributed by atoms with Crippen LogP contribution in [0, 0.1) is 0 Å². The highest BCUT2D eigenvalue weighted by molar-refractivity contribution is 5.94. The number of para-hydroxylation sites is 1. The molecule has 10 heteroatoms. The number of aromatic nitrogens is 2. The molecule has 0 saturated heterocycles. The number of carboxylic acid groups (broad SMARTS) is 1. The fourth-order valence-electron chi connectivity index (χ4n) is 3.97. The summed E-state index contributed by atoms with van der Waals surface area (Å²) in [6.45, 7) is -0.646. The van der Waals surface area contributed by atoms with Crippen LogP contribution in [0.25, 0.3) is 10.9 Å². The minimum Gasteiger partial charge on any atom is -0.480 e. The minimum atomic E-state index is -1.55. The lowest BCUT2D eigenvalue weighted by Crippen LogP contribution is -2.46. The third kappa shape index (κ3) is 5.32. The second kappa shape index (κ2) is 10.7. The van der Waals surface area contributed by atoms with E-state index in [2.05, 4.69) is 0 Å². The Morgan fingerprint density at radius 3 is 2.19 bits per heavy atom. The molecule has 37 heavy (non-hydrogen) atoms. The van der Waals surface area contributed by atoms with E-state index in [0.717, 1.165) is 4.57 Å². The topological polar surface area (TPSA) is 134 Å². The highest BCUT2D eigenvalue weighted by Crippen LogP contribution is 2.17. The Kier molecular flexibility index (Phi) is 7.28. The SMILES string of the molecule is COC(=O)c1ccc2c(=O)n([C@@H](Cc3ccccc3)C(=O)O)c(=O)n(CC(=O)Oc3ccccc3)c2c1. The first-order valence-electron chi connectivity index (χ1n) is 11.2. The van der Waals surface area contributed by atoms with Crippen molar-refractivity contribution in [2.24, 2.45) is 0 Å². The molecule has 1 aromatic heterocycles. The van der Waals surface area contributed by atoms with Gasteiger partial charge < -0.3 is 14.6 Å². The number of hydrogen-bond acceptors (Lipinski definition) is 7. The summed E-state index contributed by atoms with van der Waals surface area (Å²) < 4.78 is 11.6. The van der Waals surface area contributed by atoms with Crippen LogP contribution in [0.2, 0.25) is 0 Å². The Morgan fingerprint density at radius 1 is 0.919 bits per heavy atom. The molecule has 3 aromatic carbocycles. The van der Waals surface area contributed by atoms with Crippen molar-refractivity contribution in [1.29, 1.82) is 0 Å².